The summed E-state index contributed by atoms with van der Waals surface area (Å²) in [7, 11) is 1.69. The van der Waals surface area contributed by atoms with Crippen molar-refractivity contribution in [1.82, 2.24) is 14.8 Å². The zero-order valence-corrected chi connectivity index (χ0v) is 14.4. The van der Waals surface area contributed by atoms with Crippen LogP contribution in [0.1, 0.15) is 61.7 Å². The van der Waals surface area contributed by atoms with Gasteiger partial charge in [0.25, 0.3) is 0 Å². The van der Waals surface area contributed by atoms with E-state index in [4.69, 9.17) is 19.9 Å². The predicted octanol–water partition coefficient (Wildman–Crippen LogP) is 3.31. The molecule has 1 aromatic heterocycles. The summed E-state index contributed by atoms with van der Waals surface area (Å²) < 4.78 is 7.47. The molecule has 0 radical (unpaired) electrons. The van der Waals surface area contributed by atoms with Crippen LogP contribution in [0.3, 0.4) is 0 Å². The molecule has 24 heavy (non-hydrogen) atoms. The average Bonchev–Trinajstić information content (AvgIpc) is 3.04. The molecule has 2 aromatic rings. The number of aliphatic hydroxyl groups excluding tert-OH is 1. The number of rotatable bonds is 7. The van der Waals surface area contributed by atoms with E-state index in [1.807, 2.05) is 22.9 Å². The summed E-state index contributed by atoms with van der Waals surface area (Å²) in [4.78, 5) is 4.87. The van der Waals surface area contributed by atoms with Crippen molar-refractivity contribution >= 4 is 0 Å². The standard InChI is InChI=1S/C19H27N3O2/c1-24-17-11-6-5-10-16(17)14-18-20-19(15-8-3-2-4-9-15)22(21-18)12-7-13-23/h5-6,10-11,15,23H,2-4,7-9,12-14H2,1H3. The highest BCUT2D eigenvalue weighted by Crippen LogP contribution is 2.32. The number of para-hydroxylation sites is 1. The predicted molar refractivity (Wildman–Crippen MR) is 93.4 cm³/mol. The molecule has 0 amide bonds. The SMILES string of the molecule is COc1ccccc1Cc1nc(C2CCCCC2)n(CCCO)n1. The molecule has 1 saturated carbocycles. The van der Waals surface area contributed by atoms with Gasteiger partial charge in [-0.05, 0) is 25.3 Å². The summed E-state index contributed by atoms with van der Waals surface area (Å²) in [5.74, 6) is 3.34. The number of hydrogen-bond acceptors (Lipinski definition) is 4. The van der Waals surface area contributed by atoms with E-state index < -0.39 is 0 Å². The molecule has 1 fully saturated rings. The molecule has 1 heterocycles. The molecule has 5 heteroatoms. The Morgan fingerprint density at radius 1 is 1.21 bits per heavy atom. The Morgan fingerprint density at radius 3 is 2.75 bits per heavy atom. The van der Waals surface area contributed by atoms with Crippen molar-refractivity contribution in [3.63, 3.8) is 0 Å². The fourth-order valence-electron chi connectivity index (χ4n) is 3.54. The van der Waals surface area contributed by atoms with Crippen molar-refractivity contribution in [1.29, 1.82) is 0 Å². The van der Waals surface area contributed by atoms with Crippen molar-refractivity contribution in [3.8, 4) is 5.75 Å². The fourth-order valence-corrected chi connectivity index (χ4v) is 3.54. The Labute approximate surface area is 143 Å². The number of aromatic nitrogens is 3. The number of benzene rings is 1. The zero-order chi connectivity index (χ0) is 16.8. The van der Waals surface area contributed by atoms with E-state index in [-0.39, 0.29) is 6.61 Å². The molecule has 0 saturated heterocycles. The van der Waals surface area contributed by atoms with E-state index >= 15 is 0 Å². The van der Waals surface area contributed by atoms with Gasteiger partial charge in [-0.15, -0.1) is 0 Å². The Morgan fingerprint density at radius 2 is 2.00 bits per heavy atom. The highest BCUT2D eigenvalue weighted by Gasteiger charge is 2.22. The number of nitrogens with zero attached hydrogens (tertiary/aromatic N) is 3. The third kappa shape index (κ3) is 3.96. The van der Waals surface area contributed by atoms with Gasteiger partial charge in [0, 0.05) is 31.1 Å². The van der Waals surface area contributed by atoms with Crippen molar-refractivity contribution < 1.29 is 9.84 Å². The van der Waals surface area contributed by atoms with Crippen molar-refractivity contribution in [3.05, 3.63) is 41.5 Å². The highest BCUT2D eigenvalue weighted by atomic mass is 16.5. The van der Waals surface area contributed by atoms with Gasteiger partial charge in [-0.1, -0.05) is 37.5 Å². The van der Waals surface area contributed by atoms with Gasteiger partial charge in [0.1, 0.15) is 11.6 Å². The maximum absolute atomic E-state index is 9.16. The third-order valence-electron chi connectivity index (χ3n) is 4.78. The second-order valence-electron chi connectivity index (χ2n) is 6.51. The molecule has 0 aliphatic heterocycles. The molecule has 0 spiro atoms. The molecular weight excluding hydrogens is 302 g/mol. The molecular formula is C19H27N3O2. The van der Waals surface area contributed by atoms with Crippen LogP contribution in [-0.4, -0.2) is 33.6 Å². The molecule has 1 N–H and O–H groups in total. The van der Waals surface area contributed by atoms with Crippen LogP contribution in [0.15, 0.2) is 24.3 Å². The first-order chi connectivity index (χ1) is 11.8. The summed E-state index contributed by atoms with van der Waals surface area (Å²) >= 11 is 0. The van der Waals surface area contributed by atoms with Crippen molar-refractivity contribution in [2.75, 3.05) is 13.7 Å². The van der Waals surface area contributed by atoms with Gasteiger partial charge in [-0.2, -0.15) is 5.10 Å². The maximum Gasteiger partial charge on any atom is 0.155 e. The van der Waals surface area contributed by atoms with E-state index in [2.05, 4.69) is 6.07 Å². The Hall–Kier alpha value is -1.88. The Bertz CT molecular complexity index is 648. The minimum Gasteiger partial charge on any atom is -0.496 e. The Balaban J connectivity index is 1.83. The van der Waals surface area contributed by atoms with Crippen LogP contribution in [0.2, 0.25) is 0 Å². The van der Waals surface area contributed by atoms with Gasteiger partial charge < -0.3 is 9.84 Å². The van der Waals surface area contributed by atoms with Crippen LogP contribution in [0.25, 0.3) is 0 Å². The minimum absolute atomic E-state index is 0.186. The number of ether oxygens (including phenoxy) is 1. The van der Waals surface area contributed by atoms with Crippen LogP contribution in [0.5, 0.6) is 5.75 Å². The molecule has 0 unspecified atom stereocenters. The highest BCUT2D eigenvalue weighted by molar-refractivity contribution is 5.35. The first kappa shape index (κ1) is 17.0. The van der Waals surface area contributed by atoms with Gasteiger partial charge in [0.15, 0.2) is 5.82 Å². The molecule has 1 aromatic carbocycles. The molecule has 1 aliphatic rings. The van der Waals surface area contributed by atoms with Gasteiger partial charge in [0.2, 0.25) is 0 Å². The van der Waals surface area contributed by atoms with Crippen molar-refractivity contribution in [2.45, 2.75) is 57.4 Å². The third-order valence-corrected chi connectivity index (χ3v) is 4.78. The number of methoxy groups -OCH3 is 1. The van der Waals surface area contributed by atoms with Crippen LogP contribution >= 0.6 is 0 Å². The summed E-state index contributed by atoms with van der Waals surface area (Å²) in [6, 6.07) is 8.03. The van der Waals surface area contributed by atoms with Crippen LogP contribution in [-0.2, 0) is 13.0 Å². The first-order valence-corrected chi connectivity index (χ1v) is 8.98. The monoisotopic (exact) mass is 329 g/mol. The fraction of sp³-hybridized carbons (Fsp3) is 0.579. The average molecular weight is 329 g/mol. The topological polar surface area (TPSA) is 60.2 Å². The van der Waals surface area contributed by atoms with Gasteiger partial charge >= 0.3 is 0 Å². The number of hydrogen-bond donors (Lipinski definition) is 1. The van der Waals surface area contributed by atoms with Crippen LogP contribution in [0, 0.1) is 0 Å². The summed E-state index contributed by atoms with van der Waals surface area (Å²) in [6.07, 6.45) is 7.68. The quantitative estimate of drug-likeness (QED) is 0.846. The molecule has 5 nitrogen and oxygen atoms in total. The zero-order valence-electron chi connectivity index (χ0n) is 14.4. The summed E-state index contributed by atoms with van der Waals surface area (Å²) in [5, 5.41) is 13.9. The minimum atomic E-state index is 0.186. The van der Waals surface area contributed by atoms with E-state index in [1.165, 1.54) is 32.1 Å². The van der Waals surface area contributed by atoms with Crippen LogP contribution in [0.4, 0.5) is 0 Å². The lowest BCUT2D eigenvalue weighted by atomic mass is 9.88. The van der Waals surface area contributed by atoms with Crippen LogP contribution < -0.4 is 4.74 Å². The first-order valence-electron chi connectivity index (χ1n) is 8.98. The summed E-state index contributed by atoms with van der Waals surface area (Å²) in [6.45, 7) is 0.924. The number of aryl methyl sites for hydroxylation is 1. The second kappa shape index (κ2) is 8.29. The molecule has 3 rings (SSSR count). The Kier molecular flexibility index (Phi) is 5.86. The number of aliphatic hydroxyl groups is 1. The van der Waals surface area contributed by atoms with E-state index in [0.717, 1.165) is 35.9 Å². The lowest BCUT2D eigenvalue weighted by molar-refractivity contribution is 0.274. The summed E-state index contributed by atoms with van der Waals surface area (Å²) in [5.41, 5.74) is 1.11. The van der Waals surface area contributed by atoms with Gasteiger partial charge in [0.05, 0.1) is 7.11 Å². The molecule has 0 bridgehead atoms. The normalized spacial score (nSPS) is 15.6. The van der Waals surface area contributed by atoms with Gasteiger partial charge in [-0.3, -0.25) is 0 Å². The smallest absolute Gasteiger partial charge is 0.155 e. The largest absolute Gasteiger partial charge is 0.496 e. The molecule has 0 atom stereocenters. The van der Waals surface area contributed by atoms with E-state index in [1.54, 1.807) is 7.11 Å². The lowest BCUT2D eigenvalue weighted by Crippen LogP contribution is -2.14. The molecule has 130 valence electrons. The van der Waals surface area contributed by atoms with Gasteiger partial charge in [-0.25, -0.2) is 9.67 Å². The molecule has 1 aliphatic carbocycles. The van der Waals surface area contributed by atoms with E-state index in [9.17, 15) is 0 Å². The van der Waals surface area contributed by atoms with E-state index in [0.29, 0.717) is 12.3 Å². The lowest BCUT2D eigenvalue weighted by Gasteiger charge is -2.21. The second-order valence-corrected chi connectivity index (χ2v) is 6.51. The van der Waals surface area contributed by atoms with Crippen molar-refractivity contribution in [2.24, 2.45) is 0 Å². The maximum atomic E-state index is 9.16.